The lowest BCUT2D eigenvalue weighted by atomic mass is 10.0. The van der Waals surface area contributed by atoms with Crippen LogP contribution in [0.25, 0.3) is 6.08 Å². The Labute approximate surface area is 177 Å². The Hall–Kier alpha value is -1.70. The van der Waals surface area contributed by atoms with E-state index in [0.717, 1.165) is 25.2 Å². The first-order valence-corrected chi connectivity index (χ1v) is 10.8. The number of rotatable bonds is 8. The second kappa shape index (κ2) is 10.2. The van der Waals surface area contributed by atoms with Crippen molar-refractivity contribution in [1.29, 1.82) is 0 Å². The maximum Gasteiger partial charge on any atom is 0.252 e. The molecule has 1 aliphatic heterocycles. The normalized spacial score (nSPS) is 19.5. The zero-order chi connectivity index (χ0) is 20.7. The lowest BCUT2D eigenvalue weighted by Crippen LogP contribution is -2.62. The highest BCUT2D eigenvalue weighted by molar-refractivity contribution is 8.24. The number of nitrogens with zero attached hydrogens (tertiary/aromatic N) is 2. The number of carbonyl (C=O) groups excluding carboxylic acids is 2. The van der Waals surface area contributed by atoms with Crippen LogP contribution in [0, 0.1) is 0 Å². The fourth-order valence-corrected chi connectivity index (χ4v) is 4.87. The van der Waals surface area contributed by atoms with Crippen LogP contribution in [-0.2, 0) is 9.59 Å². The molecule has 0 radical (unpaired) electrons. The summed E-state index contributed by atoms with van der Waals surface area (Å²) in [6.45, 7) is 11.2. The molecule has 0 saturated carbocycles. The Morgan fingerprint density at radius 2 is 1.93 bits per heavy atom. The van der Waals surface area contributed by atoms with Crippen LogP contribution in [-0.4, -0.2) is 62.9 Å². The zero-order valence-electron chi connectivity index (χ0n) is 17.0. The topological polar surface area (TPSA) is 52.6 Å². The fraction of sp³-hybridized carbons (Fsp3) is 0.476. The monoisotopic (exact) mass is 419 g/mol. The predicted octanol–water partition coefficient (Wildman–Crippen LogP) is 3.17. The van der Waals surface area contributed by atoms with E-state index in [1.54, 1.807) is 11.0 Å². The smallest absolute Gasteiger partial charge is 0.252 e. The summed E-state index contributed by atoms with van der Waals surface area (Å²) in [4.78, 5) is 29.4. The predicted molar refractivity (Wildman–Crippen MR) is 121 cm³/mol. The highest BCUT2D eigenvalue weighted by Crippen LogP contribution is 2.36. The van der Waals surface area contributed by atoms with Crippen LogP contribution in [0.4, 0.5) is 0 Å². The Kier molecular flexibility index (Phi) is 8.22. The molecule has 2 amide bonds. The number of amides is 2. The molecule has 28 heavy (non-hydrogen) atoms. The maximum absolute atomic E-state index is 13.1. The van der Waals surface area contributed by atoms with Gasteiger partial charge in [0.15, 0.2) is 0 Å². The standard InChI is InChI=1S/C21H29N3O2S2/c1-5-23(6-2)14-15-24-19(26)18(21(3,4)28-20(24)27)22-17(25)13-12-16-10-8-7-9-11-16/h7-13,18H,5-6,14-15H2,1-4H3,(H,22,25). The van der Waals surface area contributed by atoms with Crippen molar-refractivity contribution in [3.63, 3.8) is 0 Å². The molecule has 1 unspecified atom stereocenters. The Bertz CT molecular complexity index is 730. The molecule has 1 atom stereocenters. The lowest BCUT2D eigenvalue weighted by Gasteiger charge is -2.42. The van der Waals surface area contributed by atoms with E-state index in [4.69, 9.17) is 12.2 Å². The van der Waals surface area contributed by atoms with E-state index < -0.39 is 10.8 Å². The molecule has 7 heteroatoms. The number of benzene rings is 1. The Morgan fingerprint density at radius 1 is 1.29 bits per heavy atom. The highest BCUT2D eigenvalue weighted by Gasteiger charge is 2.46. The van der Waals surface area contributed by atoms with E-state index >= 15 is 0 Å². The summed E-state index contributed by atoms with van der Waals surface area (Å²) in [5, 5.41) is 2.88. The van der Waals surface area contributed by atoms with Crippen LogP contribution in [0.5, 0.6) is 0 Å². The summed E-state index contributed by atoms with van der Waals surface area (Å²) in [7, 11) is 0. The molecule has 0 spiro atoms. The van der Waals surface area contributed by atoms with Crippen molar-refractivity contribution in [2.75, 3.05) is 26.2 Å². The van der Waals surface area contributed by atoms with Gasteiger partial charge in [-0.3, -0.25) is 14.5 Å². The van der Waals surface area contributed by atoms with Gasteiger partial charge in [0.05, 0.1) is 0 Å². The van der Waals surface area contributed by atoms with Crippen LogP contribution >= 0.6 is 24.0 Å². The SMILES string of the molecule is CCN(CC)CCN1C(=O)C(NC(=O)C=Cc2ccccc2)C(C)(C)SC1=S. The molecule has 1 aliphatic rings. The van der Waals surface area contributed by atoms with Gasteiger partial charge in [0, 0.05) is 23.9 Å². The Balaban J connectivity index is 2.07. The fourth-order valence-electron chi connectivity index (χ4n) is 3.03. The number of nitrogens with one attached hydrogen (secondary N) is 1. The van der Waals surface area contributed by atoms with Gasteiger partial charge in [0.2, 0.25) is 5.91 Å². The van der Waals surface area contributed by atoms with Crippen molar-refractivity contribution in [3.05, 3.63) is 42.0 Å². The molecule has 1 heterocycles. The number of thioether (sulfide) groups is 1. The molecule has 0 aromatic heterocycles. The molecule has 0 aliphatic carbocycles. The minimum atomic E-state index is -0.631. The number of hydrogen-bond acceptors (Lipinski definition) is 5. The summed E-state index contributed by atoms with van der Waals surface area (Å²) in [5.41, 5.74) is 0.934. The molecular formula is C21H29N3O2S2. The van der Waals surface area contributed by atoms with Gasteiger partial charge in [0.25, 0.3) is 5.91 Å². The van der Waals surface area contributed by atoms with Gasteiger partial charge in [0.1, 0.15) is 10.4 Å². The highest BCUT2D eigenvalue weighted by atomic mass is 32.2. The molecule has 2 rings (SSSR count). The van der Waals surface area contributed by atoms with Crippen LogP contribution in [0.2, 0.25) is 0 Å². The van der Waals surface area contributed by atoms with Gasteiger partial charge in [-0.25, -0.2) is 0 Å². The van der Waals surface area contributed by atoms with Crippen LogP contribution < -0.4 is 5.32 Å². The van der Waals surface area contributed by atoms with Crippen molar-refractivity contribution in [2.45, 2.75) is 38.5 Å². The van der Waals surface area contributed by atoms with Crippen molar-refractivity contribution >= 4 is 46.2 Å². The quantitative estimate of drug-likeness (QED) is 0.518. The number of carbonyl (C=O) groups is 2. The number of hydrogen-bond donors (Lipinski definition) is 1. The van der Waals surface area contributed by atoms with Gasteiger partial charge in [-0.2, -0.15) is 0 Å². The average molecular weight is 420 g/mol. The second-order valence-corrected chi connectivity index (χ2v) is 9.46. The van der Waals surface area contributed by atoms with Gasteiger partial charge in [-0.05, 0) is 38.6 Å². The van der Waals surface area contributed by atoms with Crippen molar-refractivity contribution in [2.24, 2.45) is 0 Å². The van der Waals surface area contributed by atoms with E-state index in [1.807, 2.05) is 44.2 Å². The first-order chi connectivity index (χ1) is 13.3. The van der Waals surface area contributed by atoms with E-state index in [-0.39, 0.29) is 11.8 Å². The van der Waals surface area contributed by atoms with E-state index in [9.17, 15) is 9.59 Å². The van der Waals surface area contributed by atoms with Gasteiger partial charge < -0.3 is 10.2 Å². The third-order valence-electron chi connectivity index (χ3n) is 4.83. The van der Waals surface area contributed by atoms with E-state index in [1.165, 1.54) is 17.8 Å². The molecular weight excluding hydrogens is 390 g/mol. The average Bonchev–Trinajstić information content (AvgIpc) is 2.67. The zero-order valence-corrected chi connectivity index (χ0v) is 18.6. The molecule has 5 nitrogen and oxygen atoms in total. The van der Waals surface area contributed by atoms with Crippen LogP contribution in [0.3, 0.4) is 0 Å². The molecule has 152 valence electrons. The second-order valence-electron chi connectivity index (χ2n) is 7.17. The van der Waals surface area contributed by atoms with E-state index in [0.29, 0.717) is 10.9 Å². The van der Waals surface area contributed by atoms with Gasteiger partial charge in [-0.15, -0.1) is 0 Å². The molecule has 1 saturated heterocycles. The summed E-state index contributed by atoms with van der Waals surface area (Å²) < 4.78 is 0.0725. The summed E-state index contributed by atoms with van der Waals surface area (Å²) in [6.07, 6.45) is 3.21. The first-order valence-electron chi connectivity index (χ1n) is 9.58. The molecule has 1 fully saturated rings. The van der Waals surface area contributed by atoms with Gasteiger partial charge in [-0.1, -0.05) is 68.2 Å². The molecule has 1 aromatic carbocycles. The van der Waals surface area contributed by atoms with Crippen molar-refractivity contribution in [1.82, 2.24) is 15.1 Å². The third kappa shape index (κ3) is 5.90. The Morgan fingerprint density at radius 3 is 2.54 bits per heavy atom. The van der Waals surface area contributed by atoms with Crippen molar-refractivity contribution in [3.8, 4) is 0 Å². The minimum absolute atomic E-state index is 0.137. The van der Waals surface area contributed by atoms with Crippen LogP contribution in [0.15, 0.2) is 36.4 Å². The third-order valence-corrected chi connectivity index (χ3v) is 6.45. The van der Waals surface area contributed by atoms with E-state index in [2.05, 4.69) is 24.1 Å². The minimum Gasteiger partial charge on any atom is -0.339 e. The molecule has 1 N–H and O–H groups in total. The summed E-state index contributed by atoms with van der Waals surface area (Å²) in [5.74, 6) is -0.422. The molecule has 0 bridgehead atoms. The maximum atomic E-state index is 13.1. The first kappa shape index (κ1) is 22.6. The molecule has 1 aromatic rings. The van der Waals surface area contributed by atoms with Crippen LogP contribution in [0.1, 0.15) is 33.3 Å². The van der Waals surface area contributed by atoms with Crippen molar-refractivity contribution < 1.29 is 9.59 Å². The van der Waals surface area contributed by atoms with Gasteiger partial charge >= 0.3 is 0 Å². The largest absolute Gasteiger partial charge is 0.339 e. The summed E-state index contributed by atoms with van der Waals surface area (Å²) >= 11 is 6.95. The number of thiocarbonyl (C=S) groups is 1. The number of likely N-dealkylation sites (N-methyl/N-ethyl adjacent to an activating group) is 1. The summed E-state index contributed by atoms with van der Waals surface area (Å²) in [6, 6.07) is 8.96. The lowest BCUT2D eigenvalue weighted by molar-refractivity contribution is -0.133.